The van der Waals surface area contributed by atoms with Gasteiger partial charge in [0.15, 0.2) is 0 Å². The van der Waals surface area contributed by atoms with Crippen molar-refractivity contribution in [3.63, 3.8) is 0 Å². The summed E-state index contributed by atoms with van der Waals surface area (Å²) in [6, 6.07) is 3.80. The summed E-state index contributed by atoms with van der Waals surface area (Å²) in [6.07, 6.45) is 0.690. The van der Waals surface area contributed by atoms with Crippen LogP contribution in [-0.2, 0) is 16.0 Å². The maximum Gasteiger partial charge on any atom is 0.329 e. The molecule has 1 fully saturated rings. The fourth-order valence-corrected chi connectivity index (χ4v) is 2.04. The standard InChI is InChI=1S/C12H11ClN2O5/c13-9-6-8(15(19)20)2-1-7(9)5-10(16)14-12(3-4-12)11(17)18/h1-2,6H,3-5H2,(H,14,16)(H,17,18). The van der Waals surface area contributed by atoms with Gasteiger partial charge in [0.05, 0.1) is 16.4 Å². The predicted molar refractivity (Wildman–Crippen MR) is 69.6 cm³/mol. The Morgan fingerprint density at radius 3 is 2.55 bits per heavy atom. The summed E-state index contributed by atoms with van der Waals surface area (Å²) in [5.41, 5.74) is -0.899. The number of halogens is 1. The van der Waals surface area contributed by atoms with E-state index in [0.717, 1.165) is 6.07 Å². The van der Waals surface area contributed by atoms with E-state index >= 15 is 0 Å². The molecule has 0 unspecified atom stereocenters. The lowest BCUT2D eigenvalue weighted by molar-refractivity contribution is -0.384. The monoisotopic (exact) mass is 298 g/mol. The van der Waals surface area contributed by atoms with E-state index < -0.39 is 22.3 Å². The fourth-order valence-electron chi connectivity index (χ4n) is 1.79. The Morgan fingerprint density at radius 2 is 2.10 bits per heavy atom. The van der Waals surface area contributed by atoms with Gasteiger partial charge in [0.2, 0.25) is 5.91 Å². The molecule has 0 aromatic heterocycles. The second-order valence-electron chi connectivity index (χ2n) is 4.65. The Bertz CT molecular complexity index is 598. The summed E-state index contributed by atoms with van der Waals surface area (Å²) < 4.78 is 0. The van der Waals surface area contributed by atoms with Crippen molar-refractivity contribution in [3.8, 4) is 0 Å². The number of amides is 1. The number of carbonyl (C=O) groups is 2. The lowest BCUT2D eigenvalue weighted by Crippen LogP contribution is -2.43. The van der Waals surface area contributed by atoms with Gasteiger partial charge in [-0.1, -0.05) is 17.7 Å². The molecule has 7 nitrogen and oxygen atoms in total. The highest BCUT2D eigenvalue weighted by Crippen LogP contribution is 2.35. The van der Waals surface area contributed by atoms with Crippen molar-refractivity contribution in [1.29, 1.82) is 0 Å². The molecule has 0 aliphatic heterocycles. The van der Waals surface area contributed by atoms with Gasteiger partial charge in [-0.3, -0.25) is 14.9 Å². The van der Waals surface area contributed by atoms with Crippen molar-refractivity contribution in [2.75, 3.05) is 0 Å². The molecule has 2 N–H and O–H groups in total. The molecule has 8 heteroatoms. The first-order valence-corrected chi connectivity index (χ1v) is 6.19. The van der Waals surface area contributed by atoms with Crippen LogP contribution in [0.5, 0.6) is 0 Å². The summed E-state index contributed by atoms with van der Waals surface area (Å²) in [5, 5.41) is 22.1. The largest absolute Gasteiger partial charge is 0.480 e. The molecule has 1 aromatic carbocycles. The number of hydrogen-bond donors (Lipinski definition) is 2. The minimum Gasteiger partial charge on any atom is -0.480 e. The average molecular weight is 299 g/mol. The van der Waals surface area contributed by atoms with Gasteiger partial charge in [0, 0.05) is 12.1 Å². The Morgan fingerprint density at radius 1 is 1.45 bits per heavy atom. The Balaban J connectivity index is 2.05. The highest BCUT2D eigenvalue weighted by Gasteiger charge is 2.51. The number of carboxylic acids is 1. The number of rotatable bonds is 5. The first kappa shape index (κ1) is 14.3. The van der Waals surface area contributed by atoms with Gasteiger partial charge in [-0.15, -0.1) is 0 Å². The van der Waals surface area contributed by atoms with Gasteiger partial charge in [-0.05, 0) is 18.4 Å². The third-order valence-electron chi connectivity index (χ3n) is 3.14. The van der Waals surface area contributed by atoms with E-state index in [0.29, 0.717) is 18.4 Å². The number of benzene rings is 1. The molecule has 0 heterocycles. The zero-order valence-electron chi connectivity index (χ0n) is 10.3. The molecule has 106 valence electrons. The molecule has 0 saturated heterocycles. The molecule has 1 amide bonds. The van der Waals surface area contributed by atoms with Crippen LogP contribution in [0.25, 0.3) is 0 Å². The van der Waals surface area contributed by atoms with Gasteiger partial charge in [-0.25, -0.2) is 4.79 Å². The first-order valence-electron chi connectivity index (χ1n) is 5.81. The van der Waals surface area contributed by atoms with Gasteiger partial charge in [0.25, 0.3) is 5.69 Å². The van der Waals surface area contributed by atoms with Crippen molar-refractivity contribution >= 4 is 29.2 Å². The normalized spacial score (nSPS) is 15.4. The Hall–Kier alpha value is -2.15. The number of nitrogens with zero attached hydrogens (tertiary/aromatic N) is 1. The van der Waals surface area contributed by atoms with Crippen LogP contribution < -0.4 is 5.32 Å². The van der Waals surface area contributed by atoms with Crippen molar-refractivity contribution in [2.45, 2.75) is 24.8 Å². The van der Waals surface area contributed by atoms with Gasteiger partial charge >= 0.3 is 5.97 Å². The molecular weight excluding hydrogens is 288 g/mol. The number of nitro groups is 1. The van der Waals surface area contributed by atoms with Crippen LogP contribution in [0.2, 0.25) is 5.02 Å². The molecule has 0 bridgehead atoms. The molecule has 0 atom stereocenters. The lowest BCUT2D eigenvalue weighted by Gasteiger charge is -2.12. The number of nitrogens with one attached hydrogen (secondary N) is 1. The van der Waals surface area contributed by atoms with Crippen molar-refractivity contribution < 1.29 is 19.6 Å². The number of nitro benzene ring substituents is 1. The molecule has 1 aromatic rings. The van der Waals surface area contributed by atoms with E-state index in [4.69, 9.17) is 16.7 Å². The highest BCUT2D eigenvalue weighted by molar-refractivity contribution is 6.31. The summed E-state index contributed by atoms with van der Waals surface area (Å²) >= 11 is 5.87. The minimum absolute atomic E-state index is 0.106. The number of hydrogen-bond acceptors (Lipinski definition) is 4. The molecule has 2 rings (SSSR count). The van der Waals surface area contributed by atoms with Crippen LogP contribution in [0.1, 0.15) is 18.4 Å². The maximum atomic E-state index is 11.8. The SMILES string of the molecule is O=C(Cc1ccc([N+](=O)[O-])cc1Cl)NC1(C(=O)O)CC1. The number of aliphatic carboxylic acids is 1. The minimum atomic E-state index is -1.15. The van der Waals surface area contributed by atoms with Crippen LogP contribution in [0.15, 0.2) is 18.2 Å². The highest BCUT2D eigenvalue weighted by atomic mass is 35.5. The second-order valence-corrected chi connectivity index (χ2v) is 5.05. The van der Waals surface area contributed by atoms with Gasteiger partial charge in [0.1, 0.15) is 5.54 Å². The smallest absolute Gasteiger partial charge is 0.329 e. The quantitative estimate of drug-likeness (QED) is 0.632. The van der Waals surface area contributed by atoms with Crippen molar-refractivity contribution in [1.82, 2.24) is 5.32 Å². The third-order valence-corrected chi connectivity index (χ3v) is 3.49. The van der Waals surface area contributed by atoms with Gasteiger partial charge in [-0.2, -0.15) is 0 Å². The van der Waals surface area contributed by atoms with Crippen molar-refractivity contribution in [3.05, 3.63) is 38.9 Å². The van der Waals surface area contributed by atoms with E-state index in [2.05, 4.69) is 5.32 Å². The molecule has 0 radical (unpaired) electrons. The number of carboxylic acid groups (broad SMARTS) is 1. The van der Waals surface area contributed by atoms with Crippen LogP contribution in [0.4, 0.5) is 5.69 Å². The van der Waals surface area contributed by atoms with E-state index in [-0.39, 0.29) is 17.1 Å². The van der Waals surface area contributed by atoms with E-state index in [1.807, 2.05) is 0 Å². The van der Waals surface area contributed by atoms with Crippen LogP contribution in [0.3, 0.4) is 0 Å². The van der Waals surface area contributed by atoms with Crippen molar-refractivity contribution in [2.24, 2.45) is 0 Å². The fraction of sp³-hybridized carbons (Fsp3) is 0.333. The Kier molecular flexibility index (Phi) is 3.63. The summed E-state index contributed by atoms with van der Waals surface area (Å²) in [6.45, 7) is 0. The molecule has 1 saturated carbocycles. The zero-order chi connectivity index (χ0) is 14.9. The van der Waals surface area contributed by atoms with Crippen LogP contribution >= 0.6 is 11.6 Å². The van der Waals surface area contributed by atoms with Crippen LogP contribution in [-0.4, -0.2) is 27.4 Å². The van der Waals surface area contributed by atoms with E-state index in [1.54, 1.807) is 0 Å². The molecule has 1 aliphatic carbocycles. The third kappa shape index (κ3) is 2.88. The number of non-ortho nitro benzene ring substituents is 1. The summed E-state index contributed by atoms with van der Waals surface area (Å²) in [4.78, 5) is 32.7. The maximum absolute atomic E-state index is 11.8. The van der Waals surface area contributed by atoms with Gasteiger partial charge < -0.3 is 10.4 Å². The van der Waals surface area contributed by atoms with Crippen LogP contribution in [0, 0.1) is 10.1 Å². The summed E-state index contributed by atoms with van der Waals surface area (Å²) in [5.74, 6) is -1.53. The average Bonchev–Trinajstić information content (AvgIpc) is 3.12. The van der Waals surface area contributed by atoms with E-state index in [1.165, 1.54) is 12.1 Å². The molecule has 1 aliphatic rings. The Labute approximate surface area is 118 Å². The molecule has 20 heavy (non-hydrogen) atoms. The molecule has 0 spiro atoms. The van der Waals surface area contributed by atoms with E-state index in [9.17, 15) is 19.7 Å². The molecular formula is C12H11ClN2O5. The first-order chi connectivity index (χ1) is 9.34. The second kappa shape index (κ2) is 5.09. The topological polar surface area (TPSA) is 110 Å². The number of carbonyl (C=O) groups excluding carboxylic acids is 1. The predicted octanol–water partition coefficient (Wildman–Crippen LogP) is 1.52. The lowest BCUT2D eigenvalue weighted by atomic mass is 10.1. The summed E-state index contributed by atoms with van der Waals surface area (Å²) in [7, 11) is 0. The zero-order valence-corrected chi connectivity index (χ0v) is 11.0.